The summed E-state index contributed by atoms with van der Waals surface area (Å²) in [6.07, 6.45) is 4.57. The highest BCUT2D eigenvalue weighted by Crippen LogP contribution is 2.24. The molecule has 0 unspecified atom stereocenters. The van der Waals surface area contributed by atoms with Gasteiger partial charge in [0, 0.05) is 24.0 Å². The van der Waals surface area contributed by atoms with Crippen molar-refractivity contribution in [1.29, 1.82) is 0 Å². The first kappa shape index (κ1) is 13.5. The Labute approximate surface area is 121 Å². The number of fused-ring (bicyclic) bond motifs is 1. The highest BCUT2D eigenvalue weighted by molar-refractivity contribution is 6.13. The molecule has 0 bridgehead atoms. The van der Waals surface area contributed by atoms with Crippen LogP contribution in [0.2, 0.25) is 0 Å². The highest BCUT2D eigenvalue weighted by atomic mass is 19.1. The fourth-order valence-corrected chi connectivity index (χ4v) is 2.64. The molecule has 0 saturated carbocycles. The third-order valence-corrected chi connectivity index (χ3v) is 3.65. The highest BCUT2D eigenvalue weighted by Gasteiger charge is 2.24. The van der Waals surface area contributed by atoms with Gasteiger partial charge in [-0.3, -0.25) is 9.59 Å². The van der Waals surface area contributed by atoms with Crippen LogP contribution in [-0.2, 0) is 6.42 Å². The molecule has 1 aliphatic carbocycles. The monoisotopic (exact) mass is 286 g/mol. The van der Waals surface area contributed by atoms with Crippen molar-refractivity contribution in [3.8, 4) is 0 Å². The number of ketones is 1. The molecule has 0 radical (unpaired) electrons. The van der Waals surface area contributed by atoms with E-state index in [4.69, 9.17) is 0 Å². The quantitative estimate of drug-likeness (QED) is 0.832. The van der Waals surface area contributed by atoms with Gasteiger partial charge in [0.05, 0.1) is 11.1 Å². The molecule has 2 N–H and O–H groups in total. The number of hydrogen-bond acceptors (Lipinski definition) is 2. The predicted molar refractivity (Wildman–Crippen MR) is 77.0 cm³/mol. The van der Waals surface area contributed by atoms with Gasteiger partial charge in [0.15, 0.2) is 5.78 Å². The van der Waals surface area contributed by atoms with E-state index in [2.05, 4.69) is 10.3 Å². The van der Waals surface area contributed by atoms with Gasteiger partial charge >= 0.3 is 0 Å². The number of amides is 1. The molecule has 1 aliphatic rings. The number of rotatable bonds is 2. The average Bonchev–Trinajstić information content (AvgIpc) is 2.79. The van der Waals surface area contributed by atoms with E-state index in [9.17, 15) is 14.0 Å². The molecule has 4 nitrogen and oxygen atoms in total. The normalized spacial score (nSPS) is 14.4. The number of aromatic nitrogens is 1. The third-order valence-electron chi connectivity index (χ3n) is 3.65. The largest absolute Gasteiger partial charge is 0.364 e. The molecular formula is C16H15FN2O2. The maximum absolute atomic E-state index is 13.1. The fourth-order valence-electron chi connectivity index (χ4n) is 2.64. The maximum atomic E-state index is 13.1. The first-order chi connectivity index (χ1) is 10.1. The Balaban J connectivity index is 1.89. The first-order valence-corrected chi connectivity index (χ1v) is 6.95. The molecule has 0 spiro atoms. The zero-order valence-corrected chi connectivity index (χ0v) is 11.4. The van der Waals surface area contributed by atoms with Crippen molar-refractivity contribution in [3.63, 3.8) is 0 Å². The summed E-state index contributed by atoms with van der Waals surface area (Å²) in [5.74, 6) is -0.821. The summed E-state index contributed by atoms with van der Waals surface area (Å²) in [6, 6.07) is 5.68. The lowest BCUT2D eigenvalue weighted by molar-refractivity contribution is 0.0965. The molecule has 108 valence electrons. The summed E-state index contributed by atoms with van der Waals surface area (Å²) < 4.78 is 13.1. The number of carbonyl (C=O) groups is 2. The second-order valence-electron chi connectivity index (χ2n) is 5.15. The van der Waals surface area contributed by atoms with Gasteiger partial charge in [-0.15, -0.1) is 0 Å². The first-order valence-electron chi connectivity index (χ1n) is 6.95. The summed E-state index contributed by atoms with van der Waals surface area (Å²) in [6.45, 7) is 0. The molecular weight excluding hydrogens is 271 g/mol. The molecule has 1 amide bonds. The zero-order chi connectivity index (χ0) is 14.8. The molecule has 0 atom stereocenters. The van der Waals surface area contributed by atoms with Gasteiger partial charge in [0.1, 0.15) is 5.82 Å². The Hall–Kier alpha value is -2.43. The van der Waals surface area contributed by atoms with Crippen molar-refractivity contribution in [2.75, 3.05) is 5.32 Å². The Morgan fingerprint density at radius 3 is 2.86 bits per heavy atom. The molecule has 0 fully saturated rings. The van der Waals surface area contributed by atoms with Crippen LogP contribution in [0.3, 0.4) is 0 Å². The molecule has 0 saturated heterocycles. The number of halogens is 1. The maximum Gasteiger partial charge on any atom is 0.257 e. The summed E-state index contributed by atoms with van der Waals surface area (Å²) in [4.78, 5) is 27.5. The van der Waals surface area contributed by atoms with Crippen molar-refractivity contribution < 1.29 is 14.0 Å². The van der Waals surface area contributed by atoms with Crippen LogP contribution in [0, 0.1) is 5.82 Å². The second kappa shape index (κ2) is 5.52. The number of benzene rings is 1. The van der Waals surface area contributed by atoms with E-state index in [1.807, 2.05) is 0 Å². The Morgan fingerprint density at radius 1 is 1.24 bits per heavy atom. The van der Waals surface area contributed by atoms with Gasteiger partial charge in [-0.05, 0) is 37.5 Å². The molecule has 2 aromatic rings. The van der Waals surface area contributed by atoms with E-state index in [1.54, 1.807) is 12.3 Å². The fraction of sp³-hybridized carbons (Fsp3) is 0.250. The summed E-state index contributed by atoms with van der Waals surface area (Å²) in [5, 5.41) is 2.63. The van der Waals surface area contributed by atoms with E-state index >= 15 is 0 Å². The summed E-state index contributed by atoms with van der Waals surface area (Å²) in [5.41, 5.74) is 2.01. The Bertz CT molecular complexity index is 706. The SMILES string of the molecule is O=C(Nc1cccc(F)c1)c1c[nH]c2c1C(=O)CCCC2. The van der Waals surface area contributed by atoms with Crippen molar-refractivity contribution in [3.05, 3.63) is 53.1 Å². The number of hydrogen-bond donors (Lipinski definition) is 2. The van der Waals surface area contributed by atoms with E-state index in [0.29, 0.717) is 23.2 Å². The van der Waals surface area contributed by atoms with Crippen molar-refractivity contribution >= 4 is 17.4 Å². The topological polar surface area (TPSA) is 62.0 Å². The third kappa shape index (κ3) is 2.72. The van der Waals surface area contributed by atoms with E-state index in [0.717, 1.165) is 25.0 Å². The van der Waals surface area contributed by atoms with Gasteiger partial charge in [0.25, 0.3) is 5.91 Å². The Kier molecular flexibility index (Phi) is 3.56. The predicted octanol–water partition coefficient (Wildman–Crippen LogP) is 3.32. The van der Waals surface area contributed by atoms with Crippen molar-refractivity contribution in [1.82, 2.24) is 4.98 Å². The van der Waals surface area contributed by atoms with Gasteiger partial charge < -0.3 is 10.3 Å². The number of carbonyl (C=O) groups excluding carboxylic acids is 2. The van der Waals surface area contributed by atoms with Gasteiger partial charge in [0.2, 0.25) is 0 Å². The van der Waals surface area contributed by atoms with Crippen molar-refractivity contribution in [2.45, 2.75) is 25.7 Å². The lowest BCUT2D eigenvalue weighted by Gasteiger charge is -2.06. The number of aromatic amines is 1. The average molecular weight is 286 g/mol. The van der Waals surface area contributed by atoms with Gasteiger partial charge in [-0.25, -0.2) is 4.39 Å². The van der Waals surface area contributed by atoms with Crippen LogP contribution >= 0.6 is 0 Å². The zero-order valence-electron chi connectivity index (χ0n) is 11.4. The van der Waals surface area contributed by atoms with Crippen molar-refractivity contribution in [2.24, 2.45) is 0 Å². The minimum Gasteiger partial charge on any atom is -0.364 e. The molecule has 1 aromatic heterocycles. The van der Waals surface area contributed by atoms with E-state index in [1.165, 1.54) is 18.2 Å². The van der Waals surface area contributed by atoms with E-state index in [-0.39, 0.29) is 5.78 Å². The summed E-state index contributed by atoms with van der Waals surface area (Å²) >= 11 is 0. The molecule has 1 aromatic carbocycles. The number of anilines is 1. The number of Topliss-reactive ketones (excluding diaryl/α,β-unsaturated/α-hetero) is 1. The van der Waals surface area contributed by atoms with Crippen LogP contribution in [0.25, 0.3) is 0 Å². The lowest BCUT2D eigenvalue weighted by Crippen LogP contribution is -2.15. The smallest absolute Gasteiger partial charge is 0.257 e. The second-order valence-corrected chi connectivity index (χ2v) is 5.15. The molecule has 1 heterocycles. The minimum absolute atomic E-state index is 0.00635. The van der Waals surface area contributed by atoms with Crippen LogP contribution in [0.5, 0.6) is 0 Å². The minimum atomic E-state index is -0.420. The Morgan fingerprint density at radius 2 is 2.05 bits per heavy atom. The van der Waals surface area contributed by atoms with Crippen LogP contribution in [0.15, 0.2) is 30.5 Å². The van der Waals surface area contributed by atoms with Crippen LogP contribution in [0.4, 0.5) is 10.1 Å². The van der Waals surface area contributed by atoms with Crippen LogP contribution in [-0.4, -0.2) is 16.7 Å². The summed E-state index contributed by atoms with van der Waals surface area (Å²) in [7, 11) is 0. The molecule has 5 heteroatoms. The van der Waals surface area contributed by atoms with Crippen LogP contribution < -0.4 is 5.32 Å². The number of nitrogens with one attached hydrogen (secondary N) is 2. The molecule has 0 aliphatic heterocycles. The molecule has 21 heavy (non-hydrogen) atoms. The van der Waals surface area contributed by atoms with Gasteiger partial charge in [-0.2, -0.15) is 0 Å². The van der Waals surface area contributed by atoms with Gasteiger partial charge in [-0.1, -0.05) is 6.07 Å². The standard InChI is InChI=1S/C16H15FN2O2/c17-10-4-3-5-11(8-10)19-16(21)12-9-18-13-6-1-2-7-14(20)15(12)13/h3-5,8-9,18H,1-2,6-7H2,(H,19,21). The lowest BCUT2D eigenvalue weighted by atomic mass is 10.0. The number of aryl methyl sites for hydroxylation is 1. The van der Waals surface area contributed by atoms with Crippen LogP contribution in [0.1, 0.15) is 45.7 Å². The number of H-pyrrole nitrogens is 1. The van der Waals surface area contributed by atoms with E-state index < -0.39 is 11.7 Å². The molecule has 3 rings (SSSR count).